The lowest BCUT2D eigenvalue weighted by Crippen LogP contribution is -2.03. The third-order valence-corrected chi connectivity index (χ3v) is 16.2. The first-order valence-corrected chi connectivity index (χ1v) is 27.9. The van der Waals surface area contributed by atoms with Crippen LogP contribution in [0.5, 0.6) is 0 Å². The highest BCUT2D eigenvalue weighted by atomic mass is 14.4. The molecule has 0 spiro atoms. The van der Waals surface area contributed by atoms with Gasteiger partial charge in [-0.05, 0) is 157 Å². The quantitative estimate of drug-likeness (QED) is 0.107. The number of fused-ring (bicyclic) bond motifs is 2. The predicted octanol–water partition coefficient (Wildman–Crippen LogP) is 20.8. The molecule has 0 saturated carbocycles. The van der Waals surface area contributed by atoms with Crippen molar-refractivity contribution in [2.75, 3.05) is 0 Å². The second-order valence-corrected chi connectivity index (χ2v) is 21.0. The van der Waals surface area contributed by atoms with Crippen LogP contribution >= 0.6 is 0 Å². The van der Waals surface area contributed by atoms with Crippen molar-refractivity contribution in [3.8, 4) is 0 Å². The molecule has 0 nitrogen and oxygen atoms in total. The van der Waals surface area contributed by atoms with E-state index in [0.29, 0.717) is 0 Å². The molecule has 12 aromatic rings. The summed E-state index contributed by atoms with van der Waals surface area (Å²) in [7, 11) is 0. The highest BCUT2D eigenvalue weighted by Crippen LogP contribution is 2.60. The summed E-state index contributed by atoms with van der Waals surface area (Å²) in [4.78, 5) is 0. The Morgan fingerprint density at radius 2 is 0.425 bits per heavy atom. The Labute approximate surface area is 469 Å². The van der Waals surface area contributed by atoms with Gasteiger partial charge in [0.2, 0.25) is 0 Å². The van der Waals surface area contributed by atoms with Crippen LogP contribution in [-0.4, -0.2) is 0 Å². The monoisotopic (exact) mass is 1020 g/mol. The molecule has 2 aliphatic rings. The van der Waals surface area contributed by atoms with Gasteiger partial charge in [-0.15, -0.1) is 0 Å². The lowest BCUT2D eigenvalue weighted by Gasteiger charge is -2.22. The summed E-state index contributed by atoms with van der Waals surface area (Å²) in [6, 6.07) is 116. The Kier molecular flexibility index (Phi) is 12.9. The Balaban J connectivity index is 0.829. The van der Waals surface area contributed by atoms with E-state index in [4.69, 9.17) is 0 Å². The lowest BCUT2D eigenvalue weighted by atomic mass is 9.80. The van der Waals surface area contributed by atoms with Crippen molar-refractivity contribution in [2.24, 2.45) is 0 Å². The molecule has 80 heavy (non-hydrogen) atoms. The molecule has 0 N–H and O–H groups in total. The van der Waals surface area contributed by atoms with Crippen LogP contribution in [0.4, 0.5) is 0 Å². The van der Waals surface area contributed by atoms with Crippen LogP contribution in [-0.2, 0) is 0 Å². The zero-order valence-electron chi connectivity index (χ0n) is 44.3. The fourth-order valence-electron chi connectivity index (χ4n) is 12.7. The van der Waals surface area contributed by atoms with Gasteiger partial charge in [-0.2, -0.15) is 0 Å². The molecule has 14 rings (SSSR count). The third kappa shape index (κ3) is 9.07. The van der Waals surface area contributed by atoms with Gasteiger partial charge in [0.05, 0.1) is 0 Å². The van der Waals surface area contributed by atoms with Gasteiger partial charge >= 0.3 is 0 Å². The molecule has 0 aromatic heterocycles. The maximum Gasteiger partial charge on any atom is 0.0364 e. The molecule has 376 valence electrons. The SMILES string of the molecule is C(=Cc1ccc2cc(C3=C(c4ccccc4)C(c4ccccc4)=C(c4ccccc4)C3c3ccccc3)ccc2c1)c1ccc2cc(C3=C(c4ccccc4)C(c4ccccc4)=C(c4ccccc4)C3c3ccccc3)ccc2c1. The number of hydrogen-bond acceptors (Lipinski definition) is 0. The average Bonchev–Trinajstić information content (AvgIpc) is 4.32. The van der Waals surface area contributed by atoms with E-state index in [1.54, 1.807) is 0 Å². The molecule has 0 heterocycles. The average molecular weight is 1020 g/mol. The molecule has 2 aliphatic carbocycles. The Morgan fingerprint density at radius 3 is 0.725 bits per heavy atom. The minimum Gasteiger partial charge on any atom is -0.0622 e. The van der Waals surface area contributed by atoms with Crippen LogP contribution < -0.4 is 0 Å². The molecular weight excluding hydrogens is 961 g/mol. The second-order valence-electron chi connectivity index (χ2n) is 21.0. The Hall–Kier alpha value is -10.1. The molecule has 2 atom stereocenters. The van der Waals surface area contributed by atoms with Crippen LogP contribution in [0.15, 0.2) is 315 Å². The van der Waals surface area contributed by atoms with Crippen LogP contribution in [0, 0.1) is 0 Å². The molecule has 12 aromatic carbocycles. The highest BCUT2D eigenvalue weighted by Gasteiger charge is 2.39. The molecule has 0 radical (unpaired) electrons. The van der Waals surface area contributed by atoms with Gasteiger partial charge in [-0.25, -0.2) is 0 Å². The summed E-state index contributed by atoms with van der Waals surface area (Å²) < 4.78 is 0. The number of hydrogen-bond donors (Lipinski definition) is 0. The summed E-state index contributed by atoms with van der Waals surface area (Å²) in [6.07, 6.45) is 4.51. The summed E-state index contributed by atoms with van der Waals surface area (Å²) in [5, 5.41) is 4.85. The standard InChI is InChI=1S/C80H56/c1-9-25-57(26-10-1)71-72(58-27-11-2-12-28-58)76(62-35-19-6-20-36-62)79(75(71)61-33-17-5-18-34-61)69-49-47-65-51-55(43-45-67(65)53-69)41-42-56-44-46-68-54-70(50-48-66(68)52-56)80-77(63-37-21-7-22-38-63)73(59-29-13-3-14-30-59)74(60-31-15-4-16-32-60)78(80)64-39-23-8-24-40-64/h1-54,75,77H. The van der Waals surface area contributed by atoms with Gasteiger partial charge in [0, 0.05) is 11.8 Å². The van der Waals surface area contributed by atoms with E-state index in [0.717, 1.165) is 11.1 Å². The summed E-state index contributed by atoms with van der Waals surface area (Å²) >= 11 is 0. The maximum atomic E-state index is 2.42. The number of rotatable bonds is 12. The van der Waals surface area contributed by atoms with Crippen molar-refractivity contribution in [3.05, 3.63) is 382 Å². The third-order valence-electron chi connectivity index (χ3n) is 16.2. The normalized spacial score (nSPS) is 15.5. The Morgan fingerprint density at radius 1 is 0.188 bits per heavy atom. The van der Waals surface area contributed by atoms with Gasteiger partial charge in [-0.3, -0.25) is 0 Å². The predicted molar refractivity (Wildman–Crippen MR) is 341 cm³/mol. The van der Waals surface area contributed by atoms with Crippen molar-refractivity contribution in [1.29, 1.82) is 0 Å². The van der Waals surface area contributed by atoms with E-state index in [-0.39, 0.29) is 11.8 Å². The van der Waals surface area contributed by atoms with Crippen molar-refractivity contribution in [1.82, 2.24) is 0 Å². The van der Waals surface area contributed by atoms with Crippen LogP contribution in [0.25, 0.3) is 78.3 Å². The Bertz CT molecular complexity index is 4090. The van der Waals surface area contributed by atoms with E-state index >= 15 is 0 Å². The van der Waals surface area contributed by atoms with Crippen LogP contribution in [0.3, 0.4) is 0 Å². The van der Waals surface area contributed by atoms with Gasteiger partial charge < -0.3 is 0 Å². The number of benzene rings is 12. The largest absolute Gasteiger partial charge is 0.0622 e. The summed E-state index contributed by atoms with van der Waals surface area (Å²) in [5.74, 6) is 0.0129. The fraction of sp³-hybridized carbons (Fsp3) is 0.0250. The molecular formula is C80H56. The zero-order chi connectivity index (χ0) is 53.2. The van der Waals surface area contributed by atoms with Gasteiger partial charge in [-0.1, -0.05) is 303 Å². The van der Waals surface area contributed by atoms with Crippen molar-refractivity contribution in [3.63, 3.8) is 0 Å². The zero-order valence-corrected chi connectivity index (χ0v) is 44.3. The first kappa shape index (κ1) is 48.2. The topological polar surface area (TPSA) is 0 Å². The van der Waals surface area contributed by atoms with Crippen LogP contribution in [0.1, 0.15) is 78.6 Å². The second kappa shape index (κ2) is 21.4. The first-order valence-electron chi connectivity index (χ1n) is 27.9. The van der Waals surface area contributed by atoms with Crippen molar-refractivity contribution in [2.45, 2.75) is 11.8 Å². The molecule has 0 bridgehead atoms. The molecule has 0 fully saturated rings. The molecule has 0 saturated heterocycles. The molecule has 0 heteroatoms. The summed E-state index contributed by atoms with van der Waals surface area (Å²) in [6.45, 7) is 0. The van der Waals surface area contributed by atoms with Crippen molar-refractivity contribution >= 4 is 78.3 Å². The van der Waals surface area contributed by atoms with Crippen molar-refractivity contribution < 1.29 is 0 Å². The minimum absolute atomic E-state index is 0.00646. The smallest absolute Gasteiger partial charge is 0.0364 e. The lowest BCUT2D eigenvalue weighted by molar-refractivity contribution is 1.14. The highest BCUT2D eigenvalue weighted by molar-refractivity contribution is 6.31. The first-order chi connectivity index (χ1) is 39.7. The van der Waals surface area contributed by atoms with Crippen LogP contribution in [0.2, 0.25) is 0 Å². The molecule has 2 unspecified atom stereocenters. The maximum absolute atomic E-state index is 2.42. The van der Waals surface area contributed by atoms with E-state index in [1.165, 1.54) is 122 Å². The van der Waals surface area contributed by atoms with E-state index in [9.17, 15) is 0 Å². The summed E-state index contributed by atoms with van der Waals surface area (Å²) in [5.41, 5.74) is 25.2. The molecule has 0 aliphatic heterocycles. The van der Waals surface area contributed by atoms with Gasteiger partial charge in [0.1, 0.15) is 0 Å². The van der Waals surface area contributed by atoms with E-state index in [2.05, 4.69) is 328 Å². The fourth-order valence-corrected chi connectivity index (χ4v) is 12.7. The minimum atomic E-state index is 0.00646. The van der Waals surface area contributed by atoms with Gasteiger partial charge in [0.25, 0.3) is 0 Å². The number of allylic oxidation sites excluding steroid dienone is 8. The van der Waals surface area contributed by atoms with E-state index < -0.39 is 0 Å². The molecule has 0 amide bonds. The van der Waals surface area contributed by atoms with E-state index in [1.807, 2.05) is 0 Å². The van der Waals surface area contributed by atoms with Gasteiger partial charge in [0.15, 0.2) is 0 Å².